The van der Waals surface area contributed by atoms with Gasteiger partial charge in [-0.3, -0.25) is 19.4 Å². The van der Waals surface area contributed by atoms with E-state index in [1.165, 1.54) is 43.0 Å². The molecule has 0 bridgehead atoms. The molecule has 0 aromatic heterocycles. The molecule has 0 saturated heterocycles. The number of hydrogen-bond acceptors (Lipinski definition) is 8. The van der Waals surface area contributed by atoms with Crippen molar-refractivity contribution in [1.82, 2.24) is 5.09 Å². The fourth-order valence-electron chi connectivity index (χ4n) is 1.72. The molecule has 0 aliphatic heterocycles. The van der Waals surface area contributed by atoms with Gasteiger partial charge in [-0.05, 0) is 39.2 Å². The molecule has 9 nitrogen and oxygen atoms in total. The monoisotopic (exact) mass is 406 g/mol. The molecule has 26 heavy (non-hydrogen) atoms. The zero-order valence-electron chi connectivity index (χ0n) is 15.0. The summed E-state index contributed by atoms with van der Waals surface area (Å²) in [5.41, 5.74) is -0.127. The fraction of sp³-hybridized carbons (Fsp3) is 0.533. The Hall–Kier alpha value is -1.61. The molecule has 1 rings (SSSR count). The second-order valence-corrected chi connectivity index (χ2v) is 8.18. The van der Waals surface area contributed by atoms with Crippen LogP contribution in [0.15, 0.2) is 24.3 Å². The van der Waals surface area contributed by atoms with Crippen LogP contribution in [0.1, 0.15) is 20.8 Å². The molecule has 0 amide bonds. The van der Waals surface area contributed by atoms with Crippen LogP contribution in [0.2, 0.25) is 0 Å². The van der Waals surface area contributed by atoms with Crippen molar-refractivity contribution in [2.75, 3.05) is 18.6 Å². The molecule has 146 valence electrons. The van der Waals surface area contributed by atoms with Crippen molar-refractivity contribution in [2.24, 2.45) is 0 Å². The first-order chi connectivity index (χ1) is 12.2. The van der Waals surface area contributed by atoms with E-state index in [-0.39, 0.29) is 24.1 Å². The highest BCUT2D eigenvalue weighted by Gasteiger charge is 2.32. The van der Waals surface area contributed by atoms with Crippen LogP contribution in [0.4, 0.5) is 5.69 Å². The van der Waals surface area contributed by atoms with E-state index in [9.17, 15) is 19.5 Å². The lowest BCUT2D eigenvalue weighted by molar-refractivity contribution is -0.384. The summed E-state index contributed by atoms with van der Waals surface area (Å²) in [6, 6.07) is 4.12. The predicted octanol–water partition coefficient (Wildman–Crippen LogP) is 3.39. The number of non-ortho nitro benzene ring substituents is 1. The van der Waals surface area contributed by atoms with E-state index in [1.54, 1.807) is 13.8 Å². The minimum Gasteiger partial charge on any atom is -0.462 e. The summed E-state index contributed by atoms with van der Waals surface area (Å²) < 4.78 is 28.8. The zero-order chi connectivity index (χ0) is 19.7. The van der Waals surface area contributed by atoms with Crippen LogP contribution in [-0.2, 0) is 18.6 Å². The van der Waals surface area contributed by atoms with E-state index in [4.69, 9.17) is 13.8 Å². The molecule has 1 aromatic carbocycles. The van der Waals surface area contributed by atoms with Gasteiger partial charge in [-0.1, -0.05) is 0 Å². The second-order valence-electron chi connectivity index (χ2n) is 5.50. The van der Waals surface area contributed by atoms with Crippen molar-refractivity contribution >= 4 is 31.2 Å². The Bertz CT molecular complexity index is 654. The molecular formula is C15H23N2O7PS. The number of nitrogens with zero attached hydrogens (tertiary/aromatic N) is 1. The van der Waals surface area contributed by atoms with Crippen LogP contribution in [0, 0.1) is 10.1 Å². The number of rotatable bonds is 11. The molecule has 0 aliphatic carbocycles. The van der Waals surface area contributed by atoms with Gasteiger partial charge in [0.05, 0.1) is 17.6 Å². The number of esters is 1. The summed E-state index contributed by atoms with van der Waals surface area (Å²) in [5, 5.41) is 13.2. The molecule has 0 radical (unpaired) electrons. The molecular weight excluding hydrogens is 383 g/mol. The van der Waals surface area contributed by atoms with Gasteiger partial charge in [-0.2, -0.15) is 16.8 Å². The number of benzene rings is 1. The van der Waals surface area contributed by atoms with Crippen molar-refractivity contribution in [3.63, 3.8) is 0 Å². The molecule has 0 heterocycles. The van der Waals surface area contributed by atoms with Crippen LogP contribution in [-0.4, -0.2) is 41.7 Å². The summed E-state index contributed by atoms with van der Waals surface area (Å²) in [5.74, 6) is 0.0844. The lowest BCUT2D eigenvalue weighted by atomic mass is 10.3. The van der Waals surface area contributed by atoms with Crippen LogP contribution >= 0.6 is 19.5 Å². The molecule has 1 aromatic rings. The maximum Gasteiger partial charge on any atom is 0.459 e. The number of nitrogens with one attached hydrogen (secondary N) is 1. The Morgan fingerprint density at radius 3 is 2.42 bits per heavy atom. The number of hydrogen-bond donors (Lipinski definition) is 1. The Labute approximate surface area is 156 Å². The minimum atomic E-state index is -3.90. The highest BCUT2D eigenvalue weighted by molar-refractivity contribution is 7.98. The molecule has 2 atom stereocenters. The highest BCUT2D eigenvalue weighted by atomic mass is 32.2. The van der Waals surface area contributed by atoms with Gasteiger partial charge in [-0.15, -0.1) is 0 Å². The van der Waals surface area contributed by atoms with E-state index in [2.05, 4.69) is 5.09 Å². The molecule has 0 saturated carbocycles. The summed E-state index contributed by atoms with van der Waals surface area (Å²) in [6.07, 6.45) is 1.54. The average molecular weight is 406 g/mol. The number of thioether (sulfide) groups is 1. The SMILES string of the molecule is CSCCOP(=O)(N[C@@H](C)C(=O)OC(C)C)Oc1ccc([N+](=O)[O-])cc1. The van der Waals surface area contributed by atoms with Gasteiger partial charge in [0.2, 0.25) is 0 Å². The van der Waals surface area contributed by atoms with Gasteiger partial charge in [0.15, 0.2) is 0 Å². The number of nitro groups is 1. The summed E-state index contributed by atoms with van der Waals surface area (Å²) in [4.78, 5) is 22.1. The van der Waals surface area contributed by atoms with E-state index in [0.29, 0.717) is 5.75 Å². The lowest BCUT2D eigenvalue weighted by Crippen LogP contribution is -2.36. The molecule has 0 fully saturated rings. The molecule has 11 heteroatoms. The number of ether oxygens (including phenoxy) is 1. The van der Waals surface area contributed by atoms with E-state index < -0.39 is 24.7 Å². The summed E-state index contributed by atoms with van der Waals surface area (Å²) >= 11 is 1.49. The first kappa shape index (κ1) is 22.4. The Morgan fingerprint density at radius 2 is 1.92 bits per heavy atom. The maximum atomic E-state index is 13.0. The normalized spacial score (nSPS) is 14.5. The largest absolute Gasteiger partial charge is 0.462 e. The summed E-state index contributed by atoms with van der Waals surface area (Å²) in [7, 11) is -3.90. The van der Waals surface area contributed by atoms with Crippen molar-refractivity contribution in [2.45, 2.75) is 32.9 Å². The zero-order valence-corrected chi connectivity index (χ0v) is 16.7. The van der Waals surface area contributed by atoms with Crippen molar-refractivity contribution < 1.29 is 28.1 Å². The third kappa shape index (κ3) is 7.74. The quantitative estimate of drug-likeness (QED) is 0.194. The average Bonchev–Trinajstić information content (AvgIpc) is 2.54. The van der Waals surface area contributed by atoms with E-state index >= 15 is 0 Å². The van der Waals surface area contributed by atoms with Gasteiger partial charge in [-0.25, -0.2) is 4.57 Å². The van der Waals surface area contributed by atoms with Crippen LogP contribution in [0.25, 0.3) is 0 Å². The first-order valence-electron chi connectivity index (χ1n) is 7.82. The Kier molecular flexibility index (Phi) is 9.07. The minimum absolute atomic E-state index is 0.111. The van der Waals surface area contributed by atoms with Gasteiger partial charge >= 0.3 is 13.7 Å². The number of carbonyl (C=O) groups excluding carboxylic acids is 1. The summed E-state index contributed by atoms with van der Waals surface area (Å²) in [6.45, 7) is 5.01. The topological polar surface area (TPSA) is 117 Å². The predicted molar refractivity (Wildman–Crippen MR) is 99.5 cm³/mol. The molecule has 0 aliphatic rings. The van der Waals surface area contributed by atoms with Crippen LogP contribution in [0.5, 0.6) is 5.75 Å². The molecule has 0 spiro atoms. The smallest absolute Gasteiger partial charge is 0.459 e. The van der Waals surface area contributed by atoms with E-state index in [0.717, 1.165) is 0 Å². The van der Waals surface area contributed by atoms with Gasteiger partial charge in [0.1, 0.15) is 11.8 Å². The lowest BCUT2D eigenvalue weighted by Gasteiger charge is -2.23. The fourth-order valence-corrected chi connectivity index (χ4v) is 3.59. The van der Waals surface area contributed by atoms with Crippen molar-refractivity contribution in [3.8, 4) is 5.75 Å². The Balaban J connectivity index is 2.89. The second kappa shape index (κ2) is 10.5. The third-order valence-corrected chi connectivity index (χ3v) is 5.13. The van der Waals surface area contributed by atoms with Crippen LogP contribution in [0.3, 0.4) is 0 Å². The third-order valence-electron chi connectivity index (χ3n) is 2.88. The van der Waals surface area contributed by atoms with E-state index in [1.807, 2.05) is 6.26 Å². The van der Waals surface area contributed by atoms with Gasteiger partial charge < -0.3 is 9.26 Å². The van der Waals surface area contributed by atoms with Gasteiger partial charge in [0, 0.05) is 17.9 Å². The number of carbonyl (C=O) groups is 1. The highest BCUT2D eigenvalue weighted by Crippen LogP contribution is 2.45. The van der Waals surface area contributed by atoms with Crippen molar-refractivity contribution in [3.05, 3.63) is 34.4 Å². The number of nitro benzene ring substituents is 1. The first-order valence-corrected chi connectivity index (χ1v) is 10.8. The maximum absolute atomic E-state index is 13.0. The van der Waals surface area contributed by atoms with Crippen LogP contribution < -0.4 is 9.61 Å². The standard InChI is InChI=1S/C15H23N2O7PS/c1-11(2)23-15(18)12(3)16-25(21,22-9-10-26-4)24-14-7-5-13(6-8-14)17(19)20/h5-8,11-12H,9-10H2,1-4H3,(H,16,21)/t12-,25?/m0/s1. The van der Waals surface area contributed by atoms with Gasteiger partial charge in [0.25, 0.3) is 5.69 Å². The van der Waals surface area contributed by atoms with Crippen molar-refractivity contribution in [1.29, 1.82) is 0 Å². The molecule has 1 unspecified atom stereocenters. The Morgan fingerprint density at radius 1 is 1.31 bits per heavy atom. The molecule has 1 N–H and O–H groups in total.